The molecule has 2 aliphatic heterocycles. The van der Waals surface area contributed by atoms with Crippen molar-refractivity contribution in [3.8, 4) is 0 Å². The Hall–Kier alpha value is -1.35. The number of ether oxygens (including phenoxy) is 1. The number of nitrogens with zero attached hydrogens (tertiary/aromatic N) is 1. The molecule has 94 valence electrons. The van der Waals surface area contributed by atoms with Gasteiger partial charge in [0.15, 0.2) is 0 Å². The van der Waals surface area contributed by atoms with E-state index in [9.17, 15) is 0 Å². The molecule has 3 aliphatic rings. The maximum Gasteiger partial charge on any atom is 0.140 e. The van der Waals surface area contributed by atoms with Crippen LogP contribution in [-0.2, 0) is 11.2 Å². The van der Waals surface area contributed by atoms with E-state index in [-0.39, 0.29) is 6.10 Å². The smallest absolute Gasteiger partial charge is 0.140 e. The zero-order chi connectivity index (χ0) is 11.9. The molecule has 1 aromatic rings. The predicted molar refractivity (Wildman–Crippen MR) is 71.1 cm³/mol. The van der Waals surface area contributed by atoms with Gasteiger partial charge in [-0.05, 0) is 41.9 Å². The van der Waals surface area contributed by atoms with Crippen LogP contribution in [-0.4, -0.2) is 25.5 Å². The average molecular weight is 242 g/mol. The molecule has 4 rings (SSSR count). The topological polar surface area (TPSA) is 33.6 Å². The van der Waals surface area contributed by atoms with E-state index in [1.54, 1.807) is 5.56 Å². The van der Waals surface area contributed by atoms with E-state index in [1.165, 1.54) is 24.0 Å². The fourth-order valence-corrected chi connectivity index (χ4v) is 3.12. The van der Waals surface area contributed by atoms with Crippen molar-refractivity contribution in [2.24, 2.45) is 4.99 Å². The molecule has 0 amide bonds. The lowest BCUT2D eigenvalue weighted by Crippen LogP contribution is -2.31. The van der Waals surface area contributed by atoms with E-state index in [0.717, 1.165) is 37.9 Å². The molecule has 1 aromatic carbocycles. The summed E-state index contributed by atoms with van der Waals surface area (Å²) in [4.78, 5) is 4.53. The number of hydrogen-bond donors (Lipinski definition) is 1. The first-order valence-corrected chi connectivity index (χ1v) is 6.95. The summed E-state index contributed by atoms with van der Waals surface area (Å²) in [6, 6.07) is 6.71. The van der Waals surface area contributed by atoms with Gasteiger partial charge in [0.05, 0.1) is 13.2 Å². The number of amidine groups is 1. The second-order valence-corrected chi connectivity index (χ2v) is 5.38. The van der Waals surface area contributed by atoms with Crippen molar-refractivity contribution >= 4 is 5.84 Å². The van der Waals surface area contributed by atoms with Gasteiger partial charge in [0.2, 0.25) is 0 Å². The summed E-state index contributed by atoms with van der Waals surface area (Å²) < 4.78 is 5.95. The molecule has 1 fully saturated rings. The highest BCUT2D eigenvalue weighted by Crippen LogP contribution is 2.44. The molecule has 2 heterocycles. The lowest BCUT2D eigenvalue weighted by Gasteiger charge is -2.28. The Balaban J connectivity index is 1.76. The Kier molecular flexibility index (Phi) is 2.40. The second kappa shape index (κ2) is 4.09. The summed E-state index contributed by atoms with van der Waals surface area (Å²) in [6.45, 7) is 2.65. The first-order valence-electron chi connectivity index (χ1n) is 6.95. The number of benzene rings is 1. The highest BCUT2D eigenvalue weighted by Gasteiger charge is 2.32. The van der Waals surface area contributed by atoms with Gasteiger partial charge >= 0.3 is 0 Å². The monoisotopic (exact) mass is 242 g/mol. The molecular formula is C15H18N2O. The zero-order valence-electron chi connectivity index (χ0n) is 10.5. The van der Waals surface area contributed by atoms with Crippen LogP contribution in [0.5, 0.6) is 0 Å². The summed E-state index contributed by atoms with van der Waals surface area (Å²) in [5, 5.41) is 3.36. The first-order chi connectivity index (χ1) is 8.93. The van der Waals surface area contributed by atoms with Gasteiger partial charge in [-0.1, -0.05) is 18.2 Å². The third-order valence-corrected chi connectivity index (χ3v) is 4.13. The summed E-state index contributed by atoms with van der Waals surface area (Å²) in [6.07, 6.45) is 3.84. The maximum absolute atomic E-state index is 5.95. The van der Waals surface area contributed by atoms with Crippen LogP contribution in [0, 0.1) is 0 Å². The quantitative estimate of drug-likeness (QED) is 0.862. The average Bonchev–Trinajstić information content (AvgIpc) is 3.12. The van der Waals surface area contributed by atoms with E-state index < -0.39 is 0 Å². The second-order valence-electron chi connectivity index (χ2n) is 5.38. The Morgan fingerprint density at radius 2 is 2.11 bits per heavy atom. The van der Waals surface area contributed by atoms with E-state index in [2.05, 4.69) is 28.5 Å². The fraction of sp³-hybridized carbons (Fsp3) is 0.533. The molecule has 3 heteroatoms. The normalized spacial score (nSPS) is 26.4. The Labute approximate surface area is 107 Å². The maximum atomic E-state index is 5.95. The number of aliphatic imine (C=N–C) groups is 1. The van der Waals surface area contributed by atoms with Gasteiger partial charge in [-0.15, -0.1) is 0 Å². The van der Waals surface area contributed by atoms with Crippen molar-refractivity contribution in [2.75, 3.05) is 19.7 Å². The van der Waals surface area contributed by atoms with Gasteiger partial charge in [0, 0.05) is 6.54 Å². The van der Waals surface area contributed by atoms with Gasteiger partial charge in [-0.2, -0.15) is 0 Å². The molecule has 0 saturated heterocycles. The zero-order valence-corrected chi connectivity index (χ0v) is 10.5. The van der Waals surface area contributed by atoms with Gasteiger partial charge < -0.3 is 10.1 Å². The molecule has 18 heavy (non-hydrogen) atoms. The Bertz CT molecular complexity index is 505. The van der Waals surface area contributed by atoms with Crippen LogP contribution in [0.4, 0.5) is 0 Å². The minimum atomic E-state index is 0.0509. The first kappa shape index (κ1) is 10.6. The Morgan fingerprint density at radius 3 is 2.89 bits per heavy atom. The number of fused-ring (bicyclic) bond motifs is 1. The molecule has 1 unspecified atom stereocenters. The van der Waals surface area contributed by atoms with Gasteiger partial charge in [-0.3, -0.25) is 4.99 Å². The number of rotatable bonds is 2. The van der Waals surface area contributed by atoms with Crippen LogP contribution in [0.2, 0.25) is 0 Å². The largest absolute Gasteiger partial charge is 0.369 e. The number of nitrogens with one attached hydrogen (secondary N) is 1. The van der Waals surface area contributed by atoms with E-state index in [1.807, 2.05) is 0 Å². The molecule has 1 saturated carbocycles. The molecule has 1 N–H and O–H groups in total. The molecule has 1 aliphatic carbocycles. The molecule has 1 atom stereocenters. The molecule has 0 radical (unpaired) electrons. The van der Waals surface area contributed by atoms with Crippen molar-refractivity contribution in [1.29, 1.82) is 0 Å². The van der Waals surface area contributed by atoms with Crippen LogP contribution in [0.1, 0.15) is 41.6 Å². The van der Waals surface area contributed by atoms with Crippen LogP contribution < -0.4 is 5.32 Å². The molecule has 0 bridgehead atoms. The summed E-state index contributed by atoms with van der Waals surface area (Å²) in [7, 11) is 0. The van der Waals surface area contributed by atoms with Gasteiger partial charge in [0.25, 0.3) is 0 Å². The summed E-state index contributed by atoms with van der Waals surface area (Å²) in [5.41, 5.74) is 4.45. The lowest BCUT2D eigenvalue weighted by atomic mass is 9.90. The third-order valence-electron chi connectivity index (χ3n) is 4.13. The van der Waals surface area contributed by atoms with Crippen LogP contribution >= 0.6 is 0 Å². The van der Waals surface area contributed by atoms with Gasteiger partial charge in [-0.25, -0.2) is 0 Å². The van der Waals surface area contributed by atoms with E-state index in [4.69, 9.17) is 4.74 Å². The fourth-order valence-electron chi connectivity index (χ4n) is 3.12. The lowest BCUT2D eigenvalue weighted by molar-refractivity contribution is 0.0857. The minimum absolute atomic E-state index is 0.0509. The van der Waals surface area contributed by atoms with E-state index >= 15 is 0 Å². The van der Waals surface area contributed by atoms with Crippen LogP contribution in [0.25, 0.3) is 0 Å². The predicted octanol–water partition coefficient (Wildman–Crippen LogP) is 2.18. The standard InChI is InChI=1S/C15H18N2O/c1-2-11(10-4-5-10)12-6-9-18-14(13(12)3-1)15-16-7-8-17-15/h1-3,10,14H,4-9H2,(H,16,17). The minimum Gasteiger partial charge on any atom is -0.369 e. The van der Waals surface area contributed by atoms with Crippen molar-refractivity contribution in [3.05, 3.63) is 34.9 Å². The SMILES string of the molecule is c1cc(C2CC2)c2c(c1)C(C1=NCCN1)OCC2. The summed E-state index contributed by atoms with van der Waals surface area (Å²) >= 11 is 0. The van der Waals surface area contributed by atoms with E-state index in [0.29, 0.717) is 0 Å². The summed E-state index contributed by atoms with van der Waals surface area (Å²) in [5.74, 6) is 1.85. The highest BCUT2D eigenvalue weighted by atomic mass is 16.5. The molecular weight excluding hydrogens is 224 g/mol. The van der Waals surface area contributed by atoms with Crippen LogP contribution in [0.3, 0.4) is 0 Å². The van der Waals surface area contributed by atoms with Gasteiger partial charge in [0.1, 0.15) is 11.9 Å². The Morgan fingerprint density at radius 1 is 1.22 bits per heavy atom. The van der Waals surface area contributed by atoms with Crippen molar-refractivity contribution < 1.29 is 4.74 Å². The van der Waals surface area contributed by atoms with Crippen molar-refractivity contribution in [2.45, 2.75) is 31.3 Å². The van der Waals surface area contributed by atoms with Crippen LogP contribution in [0.15, 0.2) is 23.2 Å². The third kappa shape index (κ3) is 1.65. The number of hydrogen-bond acceptors (Lipinski definition) is 3. The highest BCUT2D eigenvalue weighted by molar-refractivity contribution is 5.89. The van der Waals surface area contributed by atoms with Crippen molar-refractivity contribution in [1.82, 2.24) is 5.32 Å². The molecule has 3 nitrogen and oxygen atoms in total. The molecule has 0 spiro atoms. The van der Waals surface area contributed by atoms with Crippen molar-refractivity contribution in [3.63, 3.8) is 0 Å². The molecule has 0 aromatic heterocycles.